The van der Waals surface area contributed by atoms with Gasteiger partial charge in [-0.25, -0.2) is 4.39 Å². The molecule has 0 aromatic carbocycles. The number of nitrogens with one attached hydrogen (secondary N) is 1. The van der Waals surface area contributed by atoms with E-state index in [0.29, 0.717) is 6.54 Å². The van der Waals surface area contributed by atoms with E-state index >= 15 is 0 Å². The van der Waals surface area contributed by atoms with Crippen molar-refractivity contribution in [2.24, 2.45) is 0 Å². The Labute approximate surface area is 103 Å². The van der Waals surface area contributed by atoms with Crippen molar-refractivity contribution in [3.63, 3.8) is 0 Å². The van der Waals surface area contributed by atoms with Crippen molar-refractivity contribution in [3.8, 4) is 0 Å². The molecule has 0 aliphatic heterocycles. The van der Waals surface area contributed by atoms with Gasteiger partial charge < -0.3 is 10.2 Å². The van der Waals surface area contributed by atoms with Gasteiger partial charge in [-0.2, -0.15) is 0 Å². The Balaban J connectivity index is 5.27. The van der Waals surface area contributed by atoms with Crippen LogP contribution in [0, 0.1) is 0 Å². The average Bonchev–Trinajstić information content (AvgIpc) is 2.15. The van der Waals surface area contributed by atoms with Crippen LogP contribution in [-0.2, 0) is 4.79 Å². The van der Waals surface area contributed by atoms with E-state index in [1.165, 1.54) is 6.08 Å². The third-order valence-electron chi connectivity index (χ3n) is 2.00. The van der Waals surface area contributed by atoms with Crippen LogP contribution in [0.3, 0.4) is 0 Å². The van der Waals surface area contributed by atoms with Crippen molar-refractivity contribution in [2.75, 3.05) is 20.6 Å². The van der Waals surface area contributed by atoms with E-state index in [1.807, 2.05) is 13.8 Å². The van der Waals surface area contributed by atoms with Gasteiger partial charge in [0.1, 0.15) is 5.83 Å². The second-order valence-corrected chi connectivity index (χ2v) is 4.37. The molecular weight excluding hydrogens is 219 g/mol. The van der Waals surface area contributed by atoms with Gasteiger partial charge in [0, 0.05) is 23.7 Å². The number of rotatable bonds is 6. The quantitative estimate of drug-likeness (QED) is 0.569. The summed E-state index contributed by atoms with van der Waals surface area (Å²) in [5.74, 6) is -0.932. The van der Waals surface area contributed by atoms with E-state index in [2.05, 4.69) is 18.5 Å². The summed E-state index contributed by atoms with van der Waals surface area (Å²) < 4.78 is 13.4. The normalized spacial score (nSPS) is 12.4. The van der Waals surface area contributed by atoms with Gasteiger partial charge in [-0.1, -0.05) is 19.2 Å². The molecule has 0 radical (unpaired) electrons. The van der Waals surface area contributed by atoms with Crippen LogP contribution in [0.25, 0.3) is 0 Å². The second kappa shape index (κ2) is 7.01. The molecule has 96 valence electrons. The number of hydrogen-bond donors (Lipinski definition) is 1. The third kappa shape index (κ3) is 5.45. The maximum Gasteiger partial charge on any atom is 0.251 e. The van der Waals surface area contributed by atoms with Crippen molar-refractivity contribution >= 4 is 5.91 Å². The molecule has 4 heteroatoms. The lowest BCUT2D eigenvalue weighted by Crippen LogP contribution is -2.32. The Kier molecular flexibility index (Phi) is 6.43. The van der Waals surface area contributed by atoms with Gasteiger partial charge in [0.2, 0.25) is 0 Å². The van der Waals surface area contributed by atoms with E-state index in [0.717, 1.165) is 0 Å². The number of amides is 1. The summed E-state index contributed by atoms with van der Waals surface area (Å²) in [5.41, 5.74) is 0.503. The van der Waals surface area contributed by atoms with Gasteiger partial charge in [0.25, 0.3) is 5.91 Å². The maximum absolute atomic E-state index is 13.4. The lowest BCUT2D eigenvalue weighted by Gasteiger charge is -2.16. The van der Waals surface area contributed by atoms with E-state index in [9.17, 15) is 9.18 Å². The molecule has 17 heavy (non-hydrogen) atoms. The van der Waals surface area contributed by atoms with Gasteiger partial charge in [0.15, 0.2) is 0 Å². The summed E-state index contributed by atoms with van der Waals surface area (Å²) in [7, 11) is 3.59. The minimum atomic E-state index is -0.604. The summed E-state index contributed by atoms with van der Waals surface area (Å²) in [4.78, 5) is 13.6. The summed E-state index contributed by atoms with van der Waals surface area (Å²) in [5, 5.41) is 2.71. The standard InChI is InChI=1S/C13H21FN2O/c1-7-11(13(17)15-9(2)3)12(10(4)14)8-16(5)6/h7,9H,1,4,8H2,2-3,5-6H3,(H,15,17)/b12-11+. The van der Waals surface area contributed by atoms with Crippen molar-refractivity contribution in [3.05, 3.63) is 36.2 Å². The number of nitrogens with zero attached hydrogens (tertiary/aromatic N) is 1. The van der Waals surface area contributed by atoms with Gasteiger partial charge in [-0.05, 0) is 27.9 Å². The zero-order valence-electron chi connectivity index (χ0n) is 11.0. The molecule has 0 rings (SSSR count). The first-order chi connectivity index (χ1) is 7.79. The Morgan fingerprint density at radius 3 is 2.29 bits per heavy atom. The maximum atomic E-state index is 13.4. The Morgan fingerprint density at radius 1 is 1.47 bits per heavy atom. The van der Waals surface area contributed by atoms with Crippen LogP contribution in [-0.4, -0.2) is 37.5 Å². The summed E-state index contributed by atoms with van der Waals surface area (Å²) in [6.07, 6.45) is 1.36. The predicted molar refractivity (Wildman–Crippen MR) is 69.3 cm³/mol. The molecular formula is C13H21FN2O. The van der Waals surface area contributed by atoms with Gasteiger partial charge >= 0.3 is 0 Å². The molecule has 0 heterocycles. The molecule has 3 nitrogen and oxygen atoms in total. The summed E-state index contributed by atoms with van der Waals surface area (Å²) in [6, 6.07) is -0.00840. The lowest BCUT2D eigenvalue weighted by atomic mass is 10.1. The predicted octanol–water partition coefficient (Wildman–Crippen LogP) is 2.04. The molecule has 0 unspecified atom stereocenters. The zero-order valence-corrected chi connectivity index (χ0v) is 11.0. The molecule has 1 N–H and O–H groups in total. The molecule has 0 fully saturated rings. The van der Waals surface area contributed by atoms with Crippen molar-refractivity contribution < 1.29 is 9.18 Å². The van der Waals surface area contributed by atoms with E-state index in [-0.39, 0.29) is 23.1 Å². The second-order valence-electron chi connectivity index (χ2n) is 4.37. The van der Waals surface area contributed by atoms with Crippen molar-refractivity contribution in [2.45, 2.75) is 19.9 Å². The average molecular weight is 240 g/mol. The smallest absolute Gasteiger partial charge is 0.251 e. The highest BCUT2D eigenvalue weighted by Crippen LogP contribution is 2.17. The van der Waals surface area contributed by atoms with Crippen LogP contribution >= 0.6 is 0 Å². The molecule has 0 aliphatic carbocycles. The molecule has 0 aromatic rings. The number of hydrogen-bond acceptors (Lipinski definition) is 2. The molecule has 0 aliphatic rings. The SMILES string of the molecule is C=C/C(C(=O)NC(C)C)=C(/CN(C)C)C(=C)F. The zero-order chi connectivity index (χ0) is 13.6. The number of carbonyl (C=O) groups is 1. The molecule has 0 saturated heterocycles. The van der Waals surface area contributed by atoms with Crippen LogP contribution in [0.15, 0.2) is 36.2 Å². The van der Waals surface area contributed by atoms with Crippen LogP contribution in [0.5, 0.6) is 0 Å². The van der Waals surface area contributed by atoms with E-state index < -0.39 is 5.83 Å². The largest absolute Gasteiger partial charge is 0.350 e. The third-order valence-corrected chi connectivity index (χ3v) is 2.00. The minimum absolute atomic E-state index is 0.00840. The summed E-state index contributed by atoms with van der Waals surface area (Å²) >= 11 is 0. The van der Waals surface area contributed by atoms with Gasteiger partial charge in [-0.3, -0.25) is 4.79 Å². The highest BCUT2D eigenvalue weighted by molar-refractivity contribution is 5.97. The number of likely N-dealkylation sites (N-methyl/N-ethyl adjacent to an activating group) is 1. The van der Waals surface area contributed by atoms with Crippen LogP contribution in [0.1, 0.15) is 13.8 Å². The number of halogens is 1. The molecule has 0 bridgehead atoms. The molecule has 0 atom stereocenters. The Hall–Kier alpha value is -1.42. The molecule has 0 spiro atoms. The van der Waals surface area contributed by atoms with Crippen molar-refractivity contribution in [1.29, 1.82) is 0 Å². The first-order valence-corrected chi connectivity index (χ1v) is 5.45. The van der Waals surface area contributed by atoms with Gasteiger partial charge in [0.05, 0.1) is 0 Å². The summed E-state index contributed by atoms with van der Waals surface area (Å²) in [6.45, 7) is 10.8. The van der Waals surface area contributed by atoms with Crippen LogP contribution in [0.4, 0.5) is 4.39 Å². The fraction of sp³-hybridized carbons (Fsp3) is 0.462. The fourth-order valence-corrected chi connectivity index (χ4v) is 1.33. The fourth-order valence-electron chi connectivity index (χ4n) is 1.33. The first kappa shape index (κ1) is 15.6. The van der Waals surface area contributed by atoms with Crippen molar-refractivity contribution in [1.82, 2.24) is 10.2 Å². The highest BCUT2D eigenvalue weighted by atomic mass is 19.1. The molecule has 1 amide bonds. The van der Waals surface area contributed by atoms with Crippen LogP contribution in [0.2, 0.25) is 0 Å². The Bertz CT molecular complexity index is 343. The minimum Gasteiger partial charge on any atom is -0.350 e. The van der Waals surface area contributed by atoms with Gasteiger partial charge in [-0.15, -0.1) is 0 Å². The molecule has 0 aromatic heterocycles. The lowest BCUT2D eigenvalue weighted by molar-refractivity contribution is -0.117. The monoisotopic (exact) mass is 240 g/mol. The highest BCUT2D eigenvalue weighted by Gasteiger charge is 2.16. The first-order valence-electron chi connectivity index (χ1n) is 5.45. The number of carbonyl (C=O) groups excluding carboxylic acids is 1. The molecule has 0 saturated carbocycles. The van der Waals surface area contributed by atoms with Crippen LogP contribution < -0.4 is 5.32 Å². The topological polar surface area (TPSA) is 32.3 Å². The van der Waals surface area contributed by atoms with E-state index in [1.54, 1.807) is 19.0 Å². The van der Waals surface area contributed by atoms with E-state index in [4.69, 9.17) is 0 Å². The Morgan fingerprint density at radius 2 is 2.00 bits per heavy atom.